The van der Waals surface area contributed by atoms with E-state index in [0.29, 0.717) is 57.4 Å². The smallest absolute Gasteiger partial charge is 0.205 e. The lowest BCUT2D eigenvalue weighted by atomic mass is 9.74. The van der Waals surface area contributed by atoms with Crippen molar-refractivity contribution in [1.82, 2.24) is 4.57 Å². The molecule has 190 valence electrons. The lowest BCUT2D eigenvalue weighted by Gasteiger charge is -2.28. The Kier molecular flexibility index (Phi) is 5.36. The summed E-state index contributed by atoms with van der Waals surface area (Å²) in [6, 6.07) is 19.6. The number of fused-ring (bicyclic) bond motifs is 6. The zero-order valence-electron chi connectivity index (χ0n) is 20.7. The molecule has 3 aromatic carbocycles. The van der Waals surface area contributed by atoms with E-state index in [9.17, 15) is 15.3 Å². The summed E-state index contributed by atoms with van der Waals surface area (Å²) >= 11 is 0. The fourth-order valence-electron chi connectivity index (χ4n) is 6.20. The second kappa shape index (κ2) is 8.53. The van der Waals surface area contributed by atoms with E-state index in [2.05, 4.69) is 10.9 Å². The number of nitrogens with zero attached hydrogens (tertiary/aromatic N) is 3. The van der Waals surface area contributed by atoms with Crippen LogP contribution in [0.1, 0.15) is 42.9 Å². The highest BCUT2D eigenvalue weighted by molar-refractivity contribution is 6.00. The number of aliphatic hydroxyl groups excluding tert-OH is 1. The van der Waals surface area contributed by atoms with E-state index in [-0.39, 0.29) is 24.8 Å². The van der Waals surface area contributed by atoms with Gasteiger partial charge in [0.25, 0.3) is 0 Å². The van der Waals surface area contributed by atoms with Crippen molar-refractivity contribution in [3.63, 3.8) is 0 Å². The maximum absolute atomic E-state index is 11.6. The molecule has 2 unspecified atom stereocenters. The normalized spacial score (nSPS) is 23.2. The maximum Gasteiger partial charge on any atom is 0.205 e. The molecule has 8 nitrogen and oxygen atoms in total. The van der Waals surface area contributed by atoms with Gasteiger partial charge in [0.1, 0.15) is 17.0 Å². The summed E-state index contributed by atoms with van der Waals surface area (Å²) in [6.07, 6.45) is 0.0948. The predicted molar refractivity (Wildman–Crippen MR) is 139 cm³/mol. The number of rotatable bonds is 6. The third kappa shape index (κ3) is 3.15. The van der Waals surface area contributed by atoms with Crippen LogP contribution in [-0.2, 0) is 15.9 Å². The van der Waals surface area contributed by atoms with Crippen LogP contribution < -0.4 is 4.74 Å². The SMILES string of the molecule is [C-]#[N+]c1ccc(-n2c(O)c3c(c2O)C2(CC)OC3(CCOc3ccc(C#N)cc3)C[C@H]2O)c2ccccc12. The van der Waals surface area contributed by atoms with Gasteiger partial charge in [-0.3, -0.25) is 4.57 Å². The first-order valence-corrected chi connectivity index (χ1v) is 12.5. The summed E-state index contributed by atoms with van der Waals surface area (Å²) in [5, 5.41) is 44.8. The second-order valence-electron chi connectivity index (χ2n) is 9.79. The van der Waals surface area contributed by atoms with Crippen LogP contribution in [0.5, 0.6) is 17.5 Å². The fraction of sp³-hybridized carbons (Fsp3) is 0.267. The molecule has 8 heteroatoms. The number of aliphatic hydroxyl groups is 1. The molecule has 1 fully saturated rings. The molecule has 6 rings (SSSR count). The van der Waals surface area contributed by atoms with Crippen LogP contribution in [0.15, 0.2) is 60.7 Å². The van der Waals surface area contributed by atoms with Crippen molar-refractivity contribution in [3.05, 3.63) is 88.8 Å². The van der Waals surface area contributed by atoms with E-state index >= 15 is 0 Å². The molecule has 2 bridgehead atoms. The van der Waals surface area contributed by atoms with Crippen molar-refractivity contribution >= 4 is 16.5 Å². The van der Waals surface area contributed by atoms with Crippen LogP contribution in [0.2, 0.25) is 0 Å². The first kappa shape index (κ1) is 23.9. The molecule has 3 N–H and O–H groups in total. The summed E-state index contributed by atoms with van der Waals surface area (Å²) in [6.45, 7) is 9.63. The number of nitriles is 1. The van der Waals surface area contributed by atoms with Crippen LogP contribution in [0.25, 0.3) is 21.3 Å². The van der Waals surface area contributed by atoms with E-state index in [4.69, 9.17) is 21.3 Å². The number of hydrogen-bond acceptors (Lipinski definition) is 6. The molecule has 1 aromatic heterocycles. The average molecular weight is 508 g/mol. The van der Waals surface area contributed by atoms with Crippen molar-refractivity contribution in [2.24, 2.45) is 0 Å². The summed E-state index contributed by atoms with van der Waals surface area (Å²) in [7, 11) is 0. The summed E-state index contributed by atoms with van der Waals surface area (Å²) in [5.41, 5.74) is 0.172. The van der Waals surface area contributed by atoms with Crippen molar-refractivity contribution in [2.45, 2.75) is 43.5 Å². The first-order chi connectivity index (χ1) is 18.4. The lowest BCUT2D eigenvalue weighted by Crippen LogP contribution is -2.35. The maximum atomic E-state index is 11.6. The van der Waals surface area contributed by atoms with E-state index in [1.807, 2.05) is 31.2 Å². The van der Waals surface area contributed by atoms with Crippen molar-refractivity contribution in [1.29, 1.82) is 5.26 Å². The largest absolute Gasteiger partial charge is 0.494 e. The molecule has 3 atom stereocenters. The lowest BCUT2D eigenvalue weighted by molar-refractivity contribution is -0.120. The van der Waals surface area contributed by atoms with Crippen molar-refractivity contribution in [3.8, 4) is 29.3 Å². The molecular formula is C30H25N3O5. The highest BCUT2D eigenvalue weighted by Crippen LogP contribution is 2.66. The highest BCUT2D eigenvalue weighted by Gasteiger charge is 2.67. The van der Waals surface area contributed by atoms with Crippen LogP contribution in [0.4, 0.5) is 5.69 Å². The van der Waals surface area contributed by atoms with Gasteiger partial charge in [-0.2, -0.15) is 5.26 Å². The van der Waals surface area contributed by atoms with Gasteiger partial charge in [-0.25, -0.2) is 4.85 Å². The molecule has 4 aromatic rings. The summed E-state index contributed by atoms with van der Waals surface area (Å²) < 4.78 is 13.8. The predicted octanol–water partition coefficient (Wildman–Crippen LogP) is 5.53. The Labute approximate surface area is 219 Å². The van der Waals surface area contributed by atoms with Gasteiger partial charge in [0.2, 0.25) is 11.8 Å². The van der Waals surface area contributed by atoms with Gasteiger partial charge in [-0.1, -0.05) is 37.3 Å². The third-order valence-corrected chi connectivity index (χ3v) is 7.96. The Balaban J connectivity index is 1.45. The molecular weight excluding hydrogens is 482 g/mol. The molecule has 0 aliphatic carbocycles. The molecule has 0 spiro atoms. The van der Waals surface area contributed by atoms with Gasteiger partial charge < -0.3 is 24.8 Å². The molecule has 2 aliphatic heterocycles. The summed E-state index contributed by atoms with van der Waals surface area (Å²) in [4.78, 5) is 3.61. The number of hydrogen-bond donors (Lipinski definition) is 3. The Morgan fingerprint density at radius 1 is 1.08 bits per heavy atom. The van der Waals surface area contributed by atoms with Gasteiger partial charge in [-0.05, 0) is 47.5 Å². The third-order valence-electron chi connectivity index (χ3n) is 7.96. The minimum Gasteiger partial charge on any atom is -0.494 e. The molecule has 3 heterocycles. The van der Waals surface area contributed by atoms with Crippen LogP contribution in [-0.4, -0.2) is 32.6 Å². The zero-order valence-corrected chi connectivity index (χ0v) is 20.7. The minimum atomic E-state index is -1.16. The molecule has 2 aliphatic rings. The van der Waals surface area contributed by atoms with Gasteiger partial charge >= 0.3 is 0 Å². The Morgan fingerprint density at radius 3 is 2.47 bits per heavy atom. The van der Waals surface area contributed by atoms with E-state index in [1.54, 1.807) is 36.4 Å². The highest BCUT2D eigenvalue weighted by atomic mass is 16.6. The quantitative estimate of drug-likeness (QED) is 0.296. The molecule has 38 heavy (non-hydrogen) atoms. The summed E-state index contributed by atoms with van der Waals surface area (Å²) in [5.74, 6) is 0.252. The number of aromatic nitrogens is 1. The van der Waals surface area contributed by atoms with Gasteiger partial charge in [0, 0.05) is 12.8 Å². The van der Waals surface area contributed by atoms with Crippen LogP contribution in [0.3, 0.4) is 0 Å². The average Bonchev–Trinajstić information content (AvgIpc) is 3.51. The molecule has 0 radical (unpaired) electrons. The standard InChI is InChI=1S/C30H25N3O5/c1-3-30-24(34)16-29(38-30,14-15-37-19-10-8-18(17-31)9-11-19)25-26(30)28(36)33(27(25)35)23-13-12-22(32-2)20-6-4-5-7-21(20)23/h4-13,24,34-36H,3,14-16H2,1H3/t24-,29?,30?/m1/s1. The minimum absolute atomic E-state index is 0.154. The van der Waals surface area contributed by atoms with E-state index in [0.717, 1.165) is 0 Å². The molecule has 0 saturated carbocycles. The van der Waals surface area contributed by atoms with Crippen LogP contribution in [0, 0.1) is 17.9 Å². The number of ether oxygens (including phenoxy) is 2. The van der Waals surface area contributed by atoms with Gasteiger partial charge in [-0.15, -0.1) is 0 Å². The van der Waals surface area contributed by atoms with Crippen LogP contribution >= 0.6 is 0 Å². The van der Waals surface area contributed by atoms with Crippen molar-refractivity contribution in [2.75, 3.05) is 6.61 Å². The van der Waals surface area contributed by atoms with Gasteiger partial charge in [0.05, 0.1) is 47.7 Å². The monoisotopic (exact) mass is 507 g/mol. The Morgan fingerprint density at radius 2 is 1.79 bits per heavy atom. The number of aromatic hydroxyl groups is 2. The Hall–Kier alpha value is -4.50. The molecule has 0 amide bonds. The Bertz CT molecular complexity index is 1660. The van der Waals surface area contributed by atoms with E-state index in [1.165, 1.54) is 4.57 Å². The topological polar surface area (TPSA) is 112 Å². The van der Waals surface area contributed by atoms with E-state index < -0.39 is 17.3 Å². The first-order valence-electron chi connectivity index (χ1n) is 12.5. The number of benzene rings is 3. The van der Waals surface area contributed by atoms with Crippen molar-refractivity contribution < 1.29 is 24.8 Å². The molecule has 1 saturated heterocycles. The zero-order chi connectivity index (χ0) is 26.7. The van der Waals surface area contributed by atoms with Gasteiger partial charge in [0.15, 0.2) is 5.69 Å². The second-order valence-corrected chi connectivity index (χ2v) is 9.79. The fourth-order valence-corrected chi connectivity index (χ4v) is 6.20.